The van der Waals surface area contributed by atoms with Crippen molar-refractivity contribution in [3.05, 3.63) is 63.1 Å². The van der Waals surface area contributed by atoms with E-state index in [1.54, 1.807) is 0 Å². The lowest BCUT2D eigenvalue weighted by Crippen LogP contribution is -2.39. The van der Waals surface area contributed by atoms with Crippen LogP contribution in [0, 0.1) is 5.92 Å². The van der Waals surface area contributed by atoms with Crippen LogP contribution in [0.15, 0.2) is 46.2 Å². The third kappa shape index (κ3) is 3.98. The van der Waals surface area contributed by atoms with Gasteiger partial charge in [0.1, 0.15) is 12.9 Å². The molecule has 0 saturated carbocycles. The average Bonchev–Trinajstić information content (AvgIpc) is 3.11. The highest BCUT2D eigenvalue weighted by Crippen LogP contribution is 2.09. The number of imidazole rings is 1. The number of rotatable bonds is 6. The zero-order chi connectivity index (χ0) is 20.3. The van der Waals surface area contributed by atoms with Gasteiger partial charge in [-0.1, -0.05) is 44.2 Å². The number of aromatic nitrogens is 4. The van der Waals surface area contributed by atoms with Crippen LogP contribution in [-0.2, 0) is 36.4 Å². The van der Waals surface area contributed by atoms with Crippen LogP contribution in [0.2, 0.25) is 0 Å². The molecule has 0 amide bonds. The molecule has 0 fully saturated rings. The molecule has 2 aromatic heterocycles. The van der Waals surface area contributed by atoms with Gasteiger partial charge in [-0.3, -0.25) is 18.5 Å². The first-order valence-corrected chi connectivity index (χ1v) is 8.86. The van der Waals surface area contributed by atoms with Crippen molar-refractivity contribution in [1.82, 2.24) is 18.7 Å². The minimum absolute atomic E-state index is 0.0834. The summed E-state index contributed by atoms with van der Waals surface area (Å²) in [5, 5.41) is 0. The Labute approximate surface area is 160 Å². The van der Waals surface area contributed by atoms with Crippen LogP contribution in [0.25, 0.3) is 11.2 Å². The highest BCUT2D eigenvalue weighted by molar-refractivity contribution is 5.70. The second kappa shape index (κ2) is 8.12. The van der Waals surface area contributed by atoms with Crippen molar-refractivity contribution in [2.24, 2.45) is 13.0 Å². The molecule has 28 heavy (non-hydrogen) atoms. The number of nitrogens with zero attached hydrogens (tertiary/aromatic N) is 4. The summed E-state index contributed by atoms with van der Waals surface area (Å²) in [6.07, 6.45) is 0.505. The SMILES string of the molecule is CC(C)Cn1c(=O)n(C)c(=O)c2c1ncn2COC(=O)OCc1ccccc1. The fourth-order valence-corrected chi connectivity index (χ4v) is 2.81. The molecule has 9 nitrogen and oxygen atoms in total. The van der Waals surface area contributed by atoms with Gasteiger partial charge < -0.3 is 9.47 Å². The maximum absolute atomic E-state index is 12.5. The molecule has 0 aliphatic carbocycles. The quantitative estimate of drug-likeness (QED) is 0.600. The van der Waals surface area contributed by atoms with E-state index >= 15 is 0 Å². The Bertz CT molecular complexity index is 1100. The average molecular weight is 386 g/mol. The molecule has 1 aromatic carbocycles. The highest BCUT2D eigenvalue weighted by atomic mass is 16.7. The zero-order valence-electron chi connectivity index (χ0n) is 16.0. The van der Waals surface area contributed by atoms with Gasteiger partial charge in [0.15, 0.2) is 17.9 Å². The van der Waals surface area contributed by atoms with Crippen molar-refractivity contribution >= 4 is 17.3 Å². The number of hydrogen-bond acceptors (Lipinski definition) is 6. The first-order valence-electron chi connectivity index (χ1n) is 8.86. The number of fused-ring (bicyclic) bond motifs is 1. The molecule has 148 valence electrons. The third-order valence-electron chi connectivity index (χ3n) is 4.17. The van der Waals surface area contributed by atoms with Crippen molar-refractivity contribution in [2.75, 3.05) is 0 Å². The van der Waals surface area contributed by atoms with Crippen molar-refractivity contribution < 1.29 is 14.3 Å². The fraction of sp³-hybridized carbons (Fsp3) is 0.368. The molecule has 0 radical (unpaired) electrons. The normalized spacial score (nSPS) is 11.1. The molecule has 9 heteroatoms. The summed E-state index contributed by atoms with van der Waals surface area (Å²) in [6.45, 7) is 4.18. The van der Waals surface area contributed by atoms with Crippen LogP contribution in [0.3, 0.4) is 0 Å². The van der Waals surface area contributed by atoms with E-state index in [9.17, 15) is 14.4 Å². The monoisotopic (exact) mass is 386 g/mol. The number of ether oxygens (including phenoxy) is 2. The summed E-state index contributed by atoms with van der Waals surface area (Å²) < 4.78 is 14.0. The predicted molar refractivity (Wildman–Crippen MR) is 102 cm³/mol. The first kappa shape index (κ1) is 19.4. The lowest BCUT2D eigenvalue weighted by molar-refractivity contribution is 0.0299. The minimum Gasteiger partial charge on any atom is -0.429 e. The Morgan fingerprint density at radius 1 is 1.14 bits per heavy atom. The van der Waals surface area contributed by atoms with Gasteiger partial charge in [0, 0.05) is 13.6 Å². The van der Waals surface area contributed by atoms with E-state index < -0.39 is 17.4 Å². The van der Waals surface area contributed by atoms with Crippen LogP contribution in [-0.4, -0.2) is 24.8 Å². The Morgan fingerprint density at radius 3 is 2.54 bits per heavy atom. The van der Waals surface area contributed by atoms with E-state index in [-0.39, 0.29) is 30.4 Å². The van der Waals surface area contributed by atoms with Gasteiger partial charge in [0.25, 0.3) is 5.56 Å². The molecule has 0 aliphatic heterocycles. The van der Waals surface area contributed by atoms with Gasteiger partial charge >= 0.3 is 11.8 Å². The summed E-state index contributed by atoms with van der Waals surface area (Å²) in [5.41, 5.74) is 0.360. The smallest absolute Gasteiger partial charge is 0.429 e. The highest BCUT2D eigenvalue weighted by Gasteiger charge is 2.17. The second-order valence-electron chi connectivity index (χ2n) is 6.84. The van der Waals surface area contributed by atoms with Gasteiger partial charge in [0.05, 0.1) is 0 Å². The predicted octanol–water partition coefficient (Wildman–Crippen LogP) is 1.86. The number of carbonyl (C=O) groups is 1. The van der Waals surface area contributed by atoms with Crippen LogP contribution in [0.1, 0.15) is 19.4 Å². The van der Waals surface area contributed by atoms with E-state index in [0.29, 0.717) is 6.54 Å². The molecule has 0 atom stereocenters. The zero-order valence-corrected chi connectivity index (χ0v) is 16.0. The Balaban J connectivity index is 1.78. The largest absolute Gasteiger partial charge is 0.510 e. The molecule has 0 spiro atoms. The summed E-state index contributed by atoms with van der Waals surface area (Å²) in [7, 11) is 1.41. The van der Waals surface area contributed by atoms with Gasteiger partial charge in [0.2, 0.25) is 0 Å². The van der Waals surface area contributed by atoms with E-state index in [1.165, 1.54) is 22.5 Å². The molecule has 0 N–H and O–H groups in total. The van der Waals surface area contributed by atoms with E-state index in [1.807, 2.05) is 44.2 Å². The van der Waals surface area contributed by atoms with Gasteiger partial charge in [-0.2, -0.15) is 0 Å². The Morgan fingerprint density at radius 2 is 1.86 bits per heavy atom. The second-order valence-corrected chi connectivity index (χ2v) is 6.84. The topological polar surface area (TPSA) is 97.4 Å². The Hall–Kier alpha value is -3.36. The maximum Gasteiger partial charge on any atom is 0.510 e. The van der Waals surface area contributed by atoms with Crippen molar-refractivity contribution in [1.29, 1.82) is 0 Å². The summed E-state index contributed by atoms with van der Waals surface area (Å²) in [6, 6.07) is 9.20. The molecule has 0 bridgehead atoms. The lowest BCUT2D eigenvalue weighted by Gasteiger charge is -2.12. The van der Waals surface area contributed by atoms with E-state index in [2.05, 4.69) is 4.98 Å². The summed E-state index contributed by atoms with van der Waals surface area (Å²) in [4.78, 5) is 41.0. The van der Waals surface area contributed by atoms with Crippen LogP contribution < -0.4 is 11.2 Å². The lowest BCUT2D eigenvalue weighted by atomic mass is 10.2. The maximum atomic E-state index is 12.5. The van der Waals surface area contributed by atoms with Gasteiger partial charge in [-0.05, 0) is 11.5 Å². The minimum atomic E-state index is -0.863. The summed E-state index contributed by atoms with van der Waals surface area (Å²) in [5.74, 6) is 0.188. The van der Waals surface area contributed by atoms with Crippen LogP contribution in [0.4, 0.5) is 4.79 Å². The van der Waals surface area contributed by atoms with Crippen molar-refractivity contribution in [3.63, 3.8) is 0 Å². The molecule has 2 heterocycles. The molecular weight excluding hydrogens is 364 g/mol. The van der Waals surface area contributed by atoms with Gasteiger partial charge in [-0.25, -0.2) is 14.6 Å². The molecule has 0 saturated heterocycles. The number of benzene rings is 1. The van der Waals surface area contributed by atoms with E-state index in [4.69, 9.17) is 9.47 Å². The molecule has 3 rings (SSSR count). The summed E-state index contributed by atoms with van der Waals surface area (Å²) >= 11 is 0. The molecule has 3 aromatic rings. The van der Waals surface area contributed by atoms with Crippen molar-refractivity contribution in [3.8, 4) is 0 Å². The molecule has 0 aliphatic rings. The number of carbonyl (C=O) groups excluding carboxylic acids is 1. The fourth-order valence-electron chi connectivity index (χ4n) is 2.81. The standard InChI is InChI=1S/C19H22N4O5/c1-13(2)9-23-16-15(17(24)21(3)18(23)25)22(11-20-16)12-28-19(26)27-10-14-7-5-4-6-8-14/h4-8,11,13H,9-10,12H2,1-3H3. The third-order valence-corrected chi connectivity index (χ3v) is 4.17. The van der Waals surface area contributed by atoms with Gasteiger partial charge in [-0.15, -0.1) is 0 Å². The van der Waals surface area contributed by atoms with Crippen LogP contribution in [0.5, 0.6) is 0 Å². The van der Waals surface area contributed by atoms with Crippen LogP contribution >= 0.6 is 0 Å². The van der Waals surface area contributed by atoms with Crippen molar-refractivity contribution in [2.45, 2.75) is 33.7 Å². The Kier molecular flexibility index (Phi) is 5.62. The molecule has 0 unspecified atom stereocenters. The number of hydrogen-bond donors (Lipinski definition) is 0. The molecular formula is C19H22N4O5. The van der Waals surface area contributed by atoms with E-state index in [0.717, 1.165) is 10.1 Å². The first-order chi connectivity index (χ1) is 13.4.